The monoisotopic (exact) mass is 338 g/mol. The molecule has 0 amide bonds. The predicted octanol–water partition coefficient (Wildman–Crippen LogP) is 4.79. The Balaban J connectivity index is 1.74. The zero-order valence-electron chi connectivity index (χ0n) is 13.0. The van der Waals surface area contributed by atoms with Gasteiger partial charge in [0.1, 0.15) is 29.3 Å². The molecule has 1 aromatic carbocycles. The van der Waals surface area contributed by atoms with Crippen LogP contribution in [0.3, 0.4) is 0 Å². The Labute approximate surface area is 143 Å². The van der Waals surface area contributed by atoms with Gasteiger partial charge in [-0.3, -0.25) is 0 Å². The summed E-state index contributed by atoms with van der Waals surface area (Å²) in [6.07, 6.45) is 3.46. The highest BCUT2D eigenvalue weighted by Gasteiger charge is 2.13. The van der Waals surface area contributed by atoms with Gasteiger partial charge in [-0.25, -0.2) is 9.97 Å². The zero-order valence-corrected chi connectivity index (χ0v) is 13.8. The normalized spacial score (nSPS) is 11.1. The van der Waals surface area contributed by atoms with E-state index in [1.807, 2.05) is 49.5 Å². The third kappa shape index (κ3) is 2.74. The van der Waals surface area contributed by atoms with Gasteiger partial charge in [0, 0.05) is 16.8 Å². The Kier molecular flexibility index (Phi) is 3.70. The highest BCUT2D eigenvalue weighted by molar-refractivity contribution is 6.31. The molecular weight excluding hydrogens is 324 g/mol. The Bertz CT molecular complexity index is 1010. The number of H-pyrrole nitrogens is 1. The first-order valence-corrected chi connectivity index (χ1v) is 7.96. The highest BCUT2D eigenvalue weighted by Crippen LogP contribution is 2.33. The summed E-state index contributed by atoms with van der Waals surface area (Å²) in [5.41, 5.74) is 2.80. The molecule has 5 nitrogen and oxygen atoms in total. The number of anilines is 1. The van der Waals surface area contributed by atoms with Gasteiger partial charge in [-0.15, -0.1) is 0 Å². The maximum Gasteiger partial charge on any atom is 0.143 e. The number of halogens is 1. The van der Waals surface area contributed by atoms with Crippen molar-refractivity contribution in [1.29, 1.82) is 0 Å². The van der Waals surface area contributed by atoms with Crippen LogP contribution in [0.1, 0.15) is 11.5 Å². The first kappa shape index (κ1) is 14.8. The van der Waals surface area contributed by atoms with Crippen LogP contribution in [0.4, 0.5) is 5.82 Å². The van der Waals surface area contributed by atoms with E-state index >= 15 is 0 Å². The lowest BCUT2D eigenvalue weighted by molar-refractivity contribution is 0.490. The minimum Gasteiger partial charge on any atom is -0.465 e. The molecule has 2 N–H and O–H groups in total. The molecule has 0 aliphatic carbocycles. The Morgan fingerprint density at radius 1 is 1.21 bits per heavy atom. The van der Waals surface area contributed by atoms with Gasteiger partial charge in [0.15, 0.2) is 0 Å². The Hall–Kier alpha value is -2.79. The molecule has 24 heavy (non-hydrogen) atoms. The predicted molar refractivity (Wildman–Crippen MR) is 95.1 cm³/mol. The number of nitrogens with one attached hydrogen (secondary N) is 2. The molecule has 4 rings (SSSR count). The third-order valence-electron chi connectivity index (χ3n) is 3.83. The van der Waals surface area contributed by atoms with Gasteiger partial charge in [-0.05, 0) is 36.8 Å². The summed E-state index contributed by atoms with van der Waals surface area (Å²) in [5.74, 6) is 2.50. The van der Waals surface area contributed by atoms with Gasteiger partial charge < -0.3 is 14.7 Å². The molecule has 0 fully saturated rings. The molecule has 0 saturated carbocycles. The van der Waals surface area contributed by atoms with E-state index in [0.717, 1.165) is 39.5 Å². The number of aromatic amines is 1. The maximum atomic E-state index is 6.13. The summed E-state index contributed by atoms with van der Waals surface area (Å²) in [6, 6.07) is 11.6. The van der Waals surface area contributed by atoms with E-state index in [1.165, 1.54) is 6.33 Å². The lowest BCUT2D eigenvalue weighted by Crippen LogP contribution is -2.01. The molecule has 0 atom stereocenters. The van der Waals surface area contributed by atoms with Gasteiger partial charge in [-0.1, -0.05) is 23.7 Å². The average Bonchev–Trinajstić information content (AvgIpc) is 3.19. The molecule has 0 unspecified atom stereocenters. The SMILES string of the molecule is Cc1ccc(CNc2ncnc3[nH]cc(-c4cccc(Cl)c4)c23)o1. The van der Waals surface area contributed by atoms with Crippen LogP contribution in [-0.4, -0.2) is 15.0 Å². The first-order chi connectivity index (χ1) is 11.7. The molecule has 0 bridgehead atoms. The number of hydrogen-bond donors (Lipinski definition) is 2. The second-order valence-electron chi connectivity index (χ2n) is 5.52. The van der Waals surface area contributed by atoms with Crippen molar-refractivity contribution in [2.45, 2.75) is 13.5 Å². The van der Waals surface area contributed by atoms with E-state index in [2.05, 4.69) is 20.3 Å². The smallest absolute Gasteiger partial charge is 0.143 e. The van der Waals surface area contributed by atoms with E-state index in [0.29, 0.717) is 11.6 Å². The average molecular weight is 339 g/mol. The first-order valence-electron chi connectivity index (χ1n) is 7.58. The molecular formula is C18H15ClN4O. The molecule has 0 aliphatic heterocycles. The fraction of sp³-hybridized carbons (Fsp3) is 0.111. The summed E-state index contributed by atoms with van der Waals surface area (Å²) in [5, 5.41) is 4.96. The number of fused-ring (bicyclic) bond motifs is 1. The van der Waals surface area contributed by atoms with Crippen LogP contribution >= 0.6 is 11.6 Å². The lowest BCUT2D eigenvalue weighted by atomic mass is 10.1. The summed E-state index contributed by atoms with van der Waals surface area (Å²) in [6.45, 7) is 2.48. The van der Waals surface area contributed by atoms with Crippen molar-refractivity contribution in [2.24, 2.45) is 0 Å². The van der Waals surface area contributed by atoms with Crippen LogP contribution in [0.15, 0.2) is 53.3 Å². The number of rotatable bonds is 4. The van der Waals surface area contributed by atoms with Crippen LogP contribution in [0, 0.1) is 6.92 Å². The minimum atomic E-state index is 0.556. The van der Waals surface area contributed by atoms with Gasteiger partial charge in [-0.2, -0.15) is 0 Å². The molecule has 4 aromatic rings. The third-order valence-corrected chi connectivity index (χ3v) is 4.07. The Morgan fingerprint density at radius 3 is 2.92 bits per heavy atom. The van der Waals surface area contributed by atoms with Gasteiger partial charge >= 0.3 is 0 Å². The lowest BCUT2D eigenvalue weighted by Gasteiger charge is -2.07. The van der Waals surface area contributed by atoms with Crippen molar-refractivity contribution in [3.8, 4) is 11.1 Å². The summed E-state index contributed by atoms with van der Waals surface area (Å²) < 4.78 is 5.60. The molecule has 6 heteroatoms. The standard InChI is InChI=1S/C18H15ClN4O/c1-11-5-6-14(24-11)8-20-17-16-15(9-21-18(16)23-10-22-17)12-3-2-4-13(19)7-12/h2-7,9-10H,8H2,1H3,(H2,20,21,22,23). The van der Waals surface area contributed by atoms with Crippen LogP contribution in [0.2, 0.25) is 5.02 Å². The summed E-state index contributed by atoms with van der Waals surface area (Å²) in [4.78, 5) is 11.9. The van der Waals surface area contributed by atoms with E-state index in [1.54, 1.807) is 0 Å². The number of hydrogen-bond acceptors (Lipinski definition) is 4. The van der Waals surface area contributed by atoms with Crippen LogP contribution in [0.25, 0.3) is 22.2 Å². The second kappa shape index (κ2) is 6.02. The van der Waals surface area contributed by atoms with Crippen LogP contribution in [0.5, 0.6) is 0 Å². The van der Waals surface area contributed by atoms with Crippen molar-refractivity contribution in [2.75, 3.05) is 5.32 Å². The van der Waals surface area contributed by atoms with E-state index < -0.39 is 0 Å². The van der Waals surface area contributed by atoms with E-state index in [9.17, 15) is 0 Å². The minimum absolute atomic E-state index is 0.556. The van der Waals surface area contributed by atoms with Crippen molar-refractivity contribution in [3.05, 3.63) is 65.5 Å². The topological polar surface area (TPSA) is 66.7 Å². The molecule has 3 heterocycles. The van der Waals surface area contributed by atoms with E-state index in [4.69, 9.17) is 16.0 Å². The number of furan rings is 1. The fourth-order valence-electron chi connectivity index (χ4n) is 2.73. The van der Waals surface area contributed by atoms with Crippen molar-refractivity contribution >= 4 is 28.5 Å². The van der Waals surface area contributed by atoms with Crippen LogP contribution < -0.4 is 5.32 Å². The number of nitrogens with zero attached hydrogens (tertiary/aromatic N) is 2. The quantitative estimate of drug-likeness (QED) is 0.561. The van der Waals surface area contributed by atoms with Crippen molar-refractivity contribution in [3.63, 3.8) is 0 Å². The zero-order chi connectivity index (χ0) is 16.5. The van der Waals surface area contributed by atoms with Gasteiger partial charge in [0.25, 0.3) is 0 Å². The van der Waals surface area contributed by atoms with Crippen molar-refractivity contribution in [1.82, 2.24) is 15.0 Å². The van der Waals surface area contributed by atoms with Crippen LogP contribution in [-0.2, 0) is 6.54 Å². The van der Waals surface area contributed by atoms with Gasteiger partial charge in [0.2, 0.25) is 0 Å². The second-order valence-corrected chi connectivity index (χ2v) is 5.96. The molecule has 0 aliphatic rings. The number of aromatic nitrogens is 3. The molecule has 0 saturated heterocycles. The fourth-order valence-corrected chi connectivity index (χ4v) is 2.92. The molecule has 120 valence electrons. The Morgan fingerprint density at radius 2 is 2.12 bits per heavy atom. The number of benzene rings is 1. The highest BCUT2D eigenvalue weighted by atomic mass is 35.5. The van der Waals surface area contributed by atoms with E-state index in [-0.39, 0.29) is 0 Å². The maximum absolute atomic E-state index is 6.13. The summed E-state index contributed by atoms with van der Waals surface area (Å²) in [7, 11) is 0. The largest absolute Gasteiger partial charge is 0.465 e. The molecule has 0 radical (unpaired) electrons. The molecule has 0 spiro atoms. The molecule has 3 aromatic heterocycles. The number of aryl methyl sites for hydroxylation is 1. The van der Waals surface area contributed by atoms with Gasteiger partial charge in [0.05, 0.1) is 11.9 Å². The van der Waals surface area contributed by atoms with Crippen molar-refractivity contribution < 1.29 is 4.42 Å². The summed E-state index contributed by atoms with van der Waals surface area (Å²) >= 11 is 6.13.